The van der Waals surface area contributed by atoms with Gasteiger partial charge in [-0.25, -0.2) is 9.96 Å². The molecule has 2 aliphatic heterocycles. The van der Waals surface area contributed by atoms with Gasteiger partial charge in [-0.2, -0.15) is 0 Å². The molecule has 0 saturated carbocycles. The highest BCUT2D eigenvalue weighted by Crippen LogP contribution is 2.41. The van der Waals surface area contributed by atoms with E-state index < -0.39 is 12.0 Å². The van der Waals surface area contributed by atoms with Crippen molar-refractivity contribution in [3.8, 4) is 5.75 Å². The highest BCUT2D eigenvalue weighted by atomic mass is 16.7. The number of para-hydroxylation sites is 1. The zero-order valence-corrected chi connectivity index (χ0v) is 15.4. The molecule has 6 heteroatoms. The lowest BCUT2D eigenvalue weighted by Crippen LogP contribution is -2.40. The molecule has 0 bridgehead atoms. The van der Waals surface area contributed by atoms with Crippen LogP contribution in [0, 0.1) is 5.92 Å². The molecule has 0 unspecified atom stereocenters. The smallest absolute Gasteiger partial charge is 0.266 e. The summed E-state index contributed by atoms with van der Waals surface area (Å²) in [5, 5.41) is 1.75. The second-order valence-corrected chi connectivity index (χ2v) is 6.78. The molecular weight excluding hydrogens is 344 g/mol. The first-order chi connectivity index (χ1) is 13.2. The summed E-state index contributed by atoms with van der Waals surface area (Å²) in [5.41, 5.74) is 1.41. The number of hydrogen-bond donors (Lipinski definition) is 0. The fourth-order valence-corrected chi connectivity index (χ4v) is 3.90. The summed E-state index contributed by atoms with van der Waals surface area (Å²) in [6.45, 7) is 2.07. The molecule has 0 aromatic heterocycles. The van der Waals surface area contributed by atoms with Gasteiger partial charge in [0.1, 0.15) is 5.75 Å². The number of imide groups is 1. The van der Waals surface area contributed by atoms with E-state index in [9.17, 15) is 9.59 Å². The Bertz CT molecular complexity index is 837. The van der Waals surface area contributed by atoms with Crippen molar-refractivity contribution >= 4 is 23.2 Å². The molecular formula is C21H22N2O4. The van der Waals surface area contributed by atoms with E-state index in [4.69, 9.17) is 9.57 Å². The molecule has 6 nitrogen and oxygen atoms in total. The van der Waals surface area contributed by atoms with Gasteiger partial charge in [0.05, 0.1) is 30.4 Å². The molecule has 140 valence electrons. The van der Waals surface area contributed by atoms with Gasteiger partial charge in [0.2, 0.25) is 5.91 Å². The number of amides is 2. The van der Waals surface area contributed by atoms with Gasteiger partial charge in [0.15, 0.2) is 6.10 Å². The SMILES string of the molecule is CCC[C@H]1[C@H]2C(=O)N(c3ccc(OC)cc3)C(=O)[C@@H]2ON1c1ccccc1. The molecule has 27 heavy (non-hydrogen) atoms. The minimum absolute atomic E-state index is 0.165. The number of ether oxygens (including phenoxy) is 1. The van der Waals surface area contributed by atoms with E-state index >= 15 is 0 Å². The second kappa shape index (κ2) is 7.04. The maximum absolute atomic E-state index is 13.2. The van der Waals surface area contributed by atoms with Gasteiger partial charge in [-0.3, -0.25) is 14.4 Å². The Balaban J connectivity index is 1.65. The fraction of sp³-hybridized carbons (Fsp3) is 0.333. The van der Waals surface area contributed by atoms with Crippen LogP contribution in [-0.2, 0) is 14.4 Å². The first-order valence-corrected chi connectivity index (χ1v) is 9.18. The van der Waals surface area contributed by atoms with E-state index in [0.717, 1.165) is 18.5 Å². The van der Waals surface area contributed by atoms with Crippen molar-refractivity contribution in [3.63, 3.8) is 0 Å². The summed E-state index contributed by atoms with van der Waals surface area (Å²) in [5.74, 6) is -0.338. The van der Waals surface area contributed by atoms with Crippen LogP contribution in [0.3, 0.4) is 0 Å². The minimum atomic E-state index is -0.781. The van der Waals surface area contributed by atoms with E-state index in [-0.39, 0.29) is 17.9 Å². The Hall–Kier alpha value is -2.86. The predicted molar refractivity (Wildman–Crippen MR) is 101 cm³/mol. The van der Waals surface area contributed by atoms with E-state index in [1.54, 1.807) is 36.4 Å². The number of carbonyl (C=O) groups excluding carboxylic acids is 2. The van der Waals surface area contributed by atoms with Crippen LogP contribution in [0.5, 0.6) is 5.75 Å². The van der Waals surface area contributed by atoms with Gasteiger partial charge < -0.3 is 4.74 Å². The van der Waals surface area contributed by atoms with Gasteiger partial charge in [-0.1, -0.05) is 31.5 Å². The zero-order valence-electron chi connectivity index (χ0n) is 15.4. The normalized spacial score (nSPS) is 24.4. The quantitative estimate of drug-likeness (QED) is 0.761. The van der Waals surface area contributed by atoms with Crippen LogP contribution in [0.4, 0.5) is 11.4 Å². The first-order valence-electron chi connectivity index (χ1n) is 9.18. The lowest BCUT2D eigenvalue weighted by atomic mass is 9.93. The molecule has 2 aromatic carbocycles. The van der Waals surface area contributed by atoms with Gasteiger partial charge in [0, 0.05) is 0 Å². The second-order valence-electron chi connectivity index (χ2n) is 6.78. The van der Waals surface area contributed by atoms with Crippen LogP contribution in [-0.4, -0.2) is 31.1 Å². The Morgan fingerprint density at radius 3 is 2.30 bits per heavy atom. The Morgan fingerprint density at radius 2 is 1.67 bits per heavy atom. The third-order valence-electron chi connectivity index (χ3n) is 5.16. The van der Waals surface area contributed by atoms with E-state index in [2.05, 4.69) is 6.92 Å². The Morgan fingerprint density at radius 1 is 0.963 bits per heavy atom. The fourth-order valence-electron chi connectivity index (χ4n) is 3.90. The number of carbonyl (C=O) groups is 2. The standard InChI is InChI=1S/C21H22N2O4/c1-3-7-17-18-19(27-23(17)15-8-5-4-6-9-15)21(25)22(20(18)24)14-10-12-16(26-2)13-11-14/h4-6,8-13,17-19H,3,7H2,1-2H3/t17-,18+,19+/m0/s1. The first kappa shape index (κ1) is 17.5. The van der Waals surface area contributed by atoms with Crippen molar-refractivity contribution in [1.29, 1.82) is 0 Å². The third-order valence-corrected chi connectivity index (χ3v) is 5.16. The highest BCUT2D eigenvalue weighted by molar-refractivity contribution is 6.23. The number of rotatable bonds is 5. The van der Waals surface area contributed by atoms with Gasteiger partial charge in [-0.15, -0.1) is 0 Å². The average molecular weight is 366 g/mol. The zero-order chi connectivity index (χ0) is 19.0. The molecule has 0 radical (unpaired) electrons. The highest BCUT2D eigenvalue weighted by Gasteiger charge is 2.59. The van der Waals surface area contributed by atoms with Gasteiger partial charge in [0.25, 0.3) is 5.91 Å². The topological polar surface area (TPSA) is 59.1 Å². The number of fused-ring (bicyclic) bond motifs is 1. The van der Waals surface area contributed by atoms with E-state index in [0.29, 0.717) is 11.4 Å². The molecule has 2 saturated heterocycles. The molecule has 2 heterocycles. The summed E-state index contributed by atoms with van der Waals surface area (Å²) < 4.78 is 5.15. The summed E-state index contributed by atoms with van der Waals surface area (Å²) in [4.78, 5) is 33.4. The maximum Gasteiger partial charge on any atom is 0.266 e. The average Bonchev–Trinajstić information content (AvgIpc) is 3.19. The van der Waals surface area contributed by atoms with E-state index in [1.165, 1.54) is 4.90 Å². The summed E-state index contributed by atoms with van der Waals surface area (Å²) >= 11 is 0. The number of methoxy groups -OCH3 is 1. The van der Waals surface area contributed by atoms with Crippen LogP contribution >= 0.6 is 0 Å². The molecule has 0 spiro atoms. The molecule has 2 aliphatic rings. The molecule has 2 fully saturated rings. The third kappa shape index (κ3) is 2.86. The van der Waals surface area contributed by atoms with Gasteiger partial charge in [-0.05, 0) is 42.8 Å². The van der Waals surface area contributed by atoms with Crippen LogP contribution in [0.15, 0.2) is 54.6 Å². The van der Waals surface area contributed by atoms with Crippen molar-refractivity contribution in [3.05, 3.63) is 54.6 Å². The minimum Gasteiger partial charge on any atom is -0.497 e. The van der Waals surface area contributed by atoms with E-state index in [1.807, 2.05) is 30.3 Å². The molecule has 0 N–H and O–H groups in total. The van der Waals surface area contributed by atoms with Crippen molar-refractivity contribution < 1.29 is 19.2 Å². The monoisotopic (exact) mass is 366 g/mol. The summed E-state index contributed by atoms with van der Waals surface area (Å²) in [6.07, 6.45) is 0.882. The van der Waals surface area contributed by atoms with Crippen LogP contribution in [0.2, 0.25) is 0 Å². The van der Waals surface area contributed by atoms with Gasteiger partial charge >= 0.3 is 0 Å². The number of benzene rings is 2. The molecule has 2 amide bonds. The van der Waals surface area contributed by atoms with Crippen molar-refractivity contribution in [2.24, 2.45) is 5.92 Å². The number of hydroxylamine groups is 1. The Kier molecular flexibility index (Phi) is 4.58. The lowest BCUT2D eigenvalue weighted by Gasteiger charge is -2.28. The van der Waals surface area contributed by atoms with Crippen LogP contribution in [0.25, 0.3) is 0 Å². The van der Waals surface area contributed by atoms with Crippen molar-refractivity contribution in [2.45, 2.75) is 31.9 Å². The summed E-state index contributed by atoms with van der Waals surface area (Å²) in [7, 11) is 1.58. The molecule has 2 aromatic rings. The molecule has 3 atom stereocenters. The Labute approximate surface area is 158 Å². The van der Waals surface area contributed by atoms with Crippen molar-refractivity contribution in [1.82, 2.24) is 0 Å². The van der Waals surface area contributed by atoms with Crippen LogP contribution < -0.4 is 14.7 Å². The summed E-state index contributed by atoms with van der Waals surface area (Å²) in [6, 6.07) is 16.4. The maximum atomic E-state index is 13.2. The molecule has 0 aliphatic carbocycles. The number of hydrogen-bond acceptors (Lipinski definition) is 5. The van der Waals surface area contributed by atoms with Crippen LogP contribution in [0.1, 0.15) is 19.8 Å². The lowest BCUT2D eigenvalue weighted by molar-refractivity contribution is -0.126. The van der Waals surface area contributed by atoms with Crippen molar-refractivity contribution in [2.75, 3.05) is 17.1 Å². The number of nitrogens with zero attached hydrogens (tertiary/aromatic N) is 2. The molecule has 4 rings (SSSR count). The predicted octanol–water partition coefficient (Wildman–Crippen LogP) is 3.17. The number of anilines is 2. The largest absolute Gasteiger partial charge is 0.497 e.